The molecular formula is C15H16N2O2S. The fourth-order valence-electron chi connectivity index (χ4n) is 1.77. The molecule has 0 aliphatic heterocycles. The molecule has 0 saturated carbocycles. The van der Waals surface area contributed by atoms with Gasteiger partial charge >= 0.3 is 0 Å². The predicted octanol–water partition coefficient (Wildman–Crippen LogP) is 3.05. The Labute approximate surface area is 122 Å². The zero-order chi connectivity index (χ0) is 14.5. The van der Waals surface area contributed by atoms with E-state index in [1.54, 1.807) is 43.3 Å². The molecule has 4 nitrogen and oxygen atoms in total. The summed E-state index contributed by atoms with van der Waals surface area (Å²) in [6, 6.07) is 5.46. The van der Waals surface area contributed by atoms with Crippen LogP contribution in [0.15, 0.2) is 41.6 Å². The average Bonchev–Trinajstić information content (AvgIpc) is 2.89. The number of imidazole rings is 1. The summed E-state index contributed by atoms with van der Waals surface area (Å²) >= 11 is 1.59. The quantitative estimate of drug-likeness (QED) is 0.482. The van der Waals surface area contributed by atoms with Crippen LogP contribution in [0.3, 0.4) is 0 Å². The third-order valence-corrected chi connectivity index (χ3v) is 3.69. The predicted molar refractivity (Wildman–Crippen MR) is 81.3 cm³/mol. The first-order chi connectivity index (χ1) is 9.65. The molecule has 0 fully saturated rings. The first-order valence-electron chi connectivity index (χ1n) is 6.07. The van der Waals surface area contributed by atoms with Crippen LogP contribution in [-0.2, 0) is 7.05 Å². The summed E-state index contributed by atoms with van der Waals surface area (Å²) < 4.78 is 7.13. The molecule has 0 radical (unpaired) electrons. The molecule has 0 spiro atoms. The molecule has 2 rings (SSSR count). The second kappa shape index (κ2) is 6.43. The van der Waals surface area contributed by atoms with Gasteiger partial charge in [-0.25, -0.2) is 4.98 Å². The number of thioether (sulfide) groups is 1. The highest BCUT2D eigenvalue weighted by molar-refractivity contribution is 7.98. The smallest absolute Gasteiger partial charge is 0.186 e. The number of nitrogens with zero attached hydrogens (tertiary/aromatic N) is 2. The number of allylic oxidation sites excluding steroid dienone is 1. The number of hydrogen-bond acceptors (Lipinski definition) is 4. The molecule has 1 aromatic heterocycles. The van der Waals surface area contributed by atoms with Crippen LogP contribution < -0.4 is 4.74 Å². The maximum atomic E-state index is 12.1. The maximum Gasteiger partial charge on any atom is 0.186 e. The minimum Gasteiger partial charge on any atom is -0.496 e. The molecule has 5 heteroatoms. The Balaban J connectivity index is 2.21. The lowest BCUT2D eigenvalue weighted by Crippen LogP contribution is -1.97. The van der Waals surface area contributed by atoms with Crippen molar-refractivity contribution in [2.24, 2.45) is 7.05 Å². The van der Waals surface area contributed by atoms with Crippen LogP contribution >= 0.6 is 11.8 Å². The van der Waals surface area contributed by atoms with E-state index < -0.39 is 0 Å². The molecule has 104 valence electrons. The number of aryl methyl sites for hydroxylation is 1. The van der Waals surface area contributed by atoms with Gasteiger partial charge in [-0.2, -0.15) is 0 Å². The van der Waals surface area contributed by atoms with E-state index in [1.165, 1.54) is 6.08 Å². The van der Waals surface area contributed by atoms with Gasteiger partial charge in [-0.05, 0) is 36.6 Å². The molecule has 0 bridgehead atoms. The van der Waals surface area contributed by atoms with Crippen LogP contribution in [0.5, 0.6) is 5.75 Å². The van der Waals surface area contributed by atoms with E-state index in [-0.39, 0.29) is 5.78 Å². The van der Waals surface area contributed by atoms with E-state index >= 15 is 0 Å². The second-order valence-electron chi connectivity index (χ2n) is 4.16. The summed E-state index contributed by atoms with van der Waals surface area (Å²) in [4.78, 5) is 17.3. The Kier molecular flexibility index (Phi) is 4.63. The van der Waals surface area contributed by atoms with Gasteiger partial charge in [-0.1, -0.05) is 0 Å². The van der Waals surface area contributed by atoms with Crippen molar-refractivity contribution in [2.45, 2.75) is 4.90 Å². The Hall–Kier alpha value is -2.01. The van der Waals surface area contributed by atoms with Crippen molar-refractivity contribution in [3.8, 4) is 5.75 Å². The van der Waals surface area contributed by atoms with Crippen molar-refractivity contribution < 1.29 is 9.53 Å². The standard InChI is InChI=1S/C15H16N2O2S/c1-17-9-8-16-15(17)7-5-12(18)11-4-6-14(20-3)13(10-11)19-2/h4-10H,1-3H3. The van der Waals surface area contributed by atoms with Crippen LogP contribution in [0.4, 0.5) is 0 Å². The van der Waals surface area contributed by atoms with E-state index in [4.69, 9.17) is 4.74 Å². The van der Waals surface area contributed by atoms with Crippen molar-refractivity contribution in [1.29, 1.82) is 0 Å². The summed E-state index contributed by atoms with van der Waals surface area (Å²) in [5.74, 6) is 1.39. The normalized spacial score (nSPS) is 10.9. The number of ether oxygens (including phenoxy) is 1. The van der Waals surface area contributed by atoms with Gasteiger partial charge in [-0.3, -0.25) is 4.79 Å². The number of aromatic nitrogens is 2. The summed E-state index contributed by atoms with van der Waals surface area (Å²) in [6.07, 6.45) is 8.73. The summed E-state index contributed by atoms with van der Waals surface area (Å²) in [7, 11) is 3.49. The molecule has 1 aromatic carbocycles. The molecule has 0 amide bonds. The Bertz CT molecular complexity index is 647. The molecule has 0 unspecified atom stereocenters. The zero-order valence-electron chi connectivity index (χ0n) is 11.7. The summed E-state index contributed by atoms with van der Waals surface area (Å²) in [5.41, 5.74) is 0.602. The first kappa shape index (κ1) is 14.4. The second-order valence-corrected chi connectivity index (χ2v) is 5.01. The lowest BCUT2D eigenvalue weighted by molar-refractivity contribution is 0.104. The fourth-order valence-corrected chi connectivity index (χ4v) is 2.32. The number of benzene rings is 1. The van der Waals surface area contributed by atoms with Crippen molar-refractivity contribution in [1.82, 2.24) is 9.55 Å². The minimum atomic E-state index is -0.0704. The highest BCUT2D eigenvalue weighted by Gasteiger charge is 2.08. The lowest BCUT2D eigenvalue weighted by atomic mass is 10.1. The van der Waals surface area contributed by atoms with Gasteiger partial charge in [0.15, 0.2) is 5.78 Å². The Morgan fingerprint density at radius 1 is 1.45 bits per heavy atom. The van der Waals surface area contributed by atoms with Gasteiger partial charge in [-0.15, -0.1) is 11.8 Å². The van der Waals surface area contributed by atoms with Gasteiger partial charge < -0.3 is 9.30 Å². The maximum absolute atomic E-state index is 12.1. The third-order valence-electron chi connectivity index (χ3n) is 2.91. The highest BCUT2D eigenvalue weighted by Crippen LogP contribution is 2.28. The molecule has 1 heterocycles. The third kappa shape index (κ3) is 3.11. The zero-order valence-corrected chi connectivity index (χ0v) is 12.5. The average molecular weight is 288 g/mol. The van der Waals surface area contributed by atoms with Gasteiger partial charge in [0.1, 0.15) is 11.6 Å². The number of rotatable bonds is 5. The number of carbonyl (C=O) groups is 1. The minimum absolute atomic E-state index is 0.0704. The van der Waals surface area contributed by atoms with Crippen molar-refractivity contribution in [2.75, 3.05) is 13.4 Å². The van der Waals surface area contributed by atoms with Crippen LogP contribution in [-0.4, -0.2) is 28.7 Å². The van der Waals surface area contributed by atoms with Crippen LogP contribution in [0.1, 0.15) is 16.2 Å². The molecule has 20 heavy (non-hydrogen) atoms. The SMILES string of the molecule is COc1cc(C(=O)C=Cc2nccn2C)ccc1SC. The molecule has 2 aromatic rings. The van der Waals surface area contributed by atoms with Crippen molar-refractivity contribution in [3.05, 3.63) is 48.1 Å². The van der Waals surface area contributed by atoms with E-state index in [2.05, 4.69) is 4.98 Å². The number of carbonyl (C=O) groups excluding carboxylic acids is 1. The Morgan fingerprint density at radius 2 is 2.25 bits per heavy atom. The summed E-state index contributed by atoms with van der Waals surface area (Å²) in [6.45, 7) is 0. The monoisotopic (exact) mass is 288 g/mol. The van der Waals surface area contributed by atoms with Crippen molar-refractivity contribution in [3.63, 3.8) is 0 Å². The number of ketones is 1. The topological polar surface area (TPSA) is 44.1 Å². The number of methoxy groups -OCH3 is 1. The van der Waals surface area contributed by atoms with E-state index in [0.29, 0.717) is 11.3 Å². The molecule has 0 saturated heterocycles. The highest BCUT2D eigenvalue weighted by atomic mass is 32.2. The van der Waals surface area contributed by atoms with Crippen LogP contribution in [0.2, 0.25) is 0 Å². The molecule has 0 aliphatic carbocycles. The van der Waals surface area contributed by atoms with E-state index in [1.807, 2.05) is 30.1 Å². The van der Waals surface area contributed by atoms with Crippen LogP contribution in [0.25, 0.3) is 6.08 Å². The fraction of sp³-hybridized carbons (Fsp3) is 0.200. The van der Waals surface area contributed by atoms with Gasteiger partial charge in [0.05, 0.1) is 7.11 Å². The molecular weight excluding hydrogens is 272 g/mol. The Morgan fingerprint density at radius 3 is 2.85 bits per heavy atom. The largest absolute Gasteiger partial charge is 0.496 e. The van der Waals surface area contributed by atoms with Crippen molar-refractivity contribution >= 4 is 23.6 Å². The van der Waals surface area contributed by atoms with Gasteiger partial charge in [0.25, 0.3) is 0 Å². The molecule has 0 N–H and O–H groups in total. The first-order valence-corrected chi connectivity index (χ1v) is 7.30. The number of hydrogen-bond donors (Lipinski definition) is 0. The van der Waals surface area contributed by atoms with Crippen LogP contribution in [0, 0.1) is 0 Å². The van der Waals surface area contributed by atoms with Gasteiger partial charge in [0, 0.05) is 29.9 Å². The van der Waals surface area contributed by atoms with Gasteiger partial charge in [0.2, 0.25) is 0 Å². The molecule has 0 atom stereocenters. The summed E-state index contributed by atoms with van der Waals surface area (Å²) in [5, 5.41) is 0. The molecule has 0 aliphatic rings. The van der Waals surface area contributed by atoms with E-state index in [0.717, 1.165) is 10.7 Å². The van der Waals surface area contributed by atoms with E-state index in [9.17, 15) is 4.79 Å². The lowest BCUT2D eigenvalue weighted by Gasteiger charge is -2.07.